The Kier molecular flexibility index (Phi) is 4.07. The molecule has 6 heteroatoms. The Balaban J connectivity index is 2.13. The molecule has 1 aromatic heterocycles. The average Bonchev–Trinajstić information content (AvgIpc) is 2.37. The van der Waals surface area contributed by atoms with E-state index >= 15 is 0 Å². The standard InChI is InChI=1S/C12H11ClN4S/c13-9-3-1-2-8(6-9)7-17-12-10(11(14)18)15-4-5-16-12/h1-6H,7H2,(H2,14,18)(H,16,17). The number of halogens is 1. The third kappa shape index (κ3) is 3.15. The van der Waals surface area contributed by atoms with E-state index in [9.17, 15) is 0 Å². The van der Waals surface area contributed by atoms with Crippen molar-refractivity contribution in [3.05, 3.63) is 52.9 Å². The Morgan fingerprint density at radius 3 is 2.83 bits per heavy atom. The number of nitrogens with zero attached hydrogens (tertiary/aromatic N) is 2. The van der Waals surface area contributed by atoms with Crippen LogP contribution in [0.15, 0.2) is 36.7 Å². The summed E-state index contributed by atoms with van der Waals surface area (Å²) in [5, 5.41) is 3.84. The molecule has 0 radical (unpaired) electrons. The first-order valence-corrected chi connectivity index (χ1v) is 6.04. The van der Waals surface area contributed by atoms with E-state index < -0.39 is 0 Å². The molecule has 0 saturated carbocycles. The molecular weight excluding hydrogens is 268 g/mol. The summed E-state index contributed by atoms with van der Waals surface area (Å²) in [6, 6.07) is 7.57. The Labute approximate surface area is 115 Å². The Morgan fingerprint density at radius 1 is 1.33 bits per heavy atom. The minimum atomic E-state index is 0.219. The van der Waals surface area contributed by atoms with Crippen LogP contribution in [0.5, 0.6) is 0 Å². The van der Waals surface area contributed by atoms with Crippen LogP contribution in [0.1, 0.15) is 11.3 Å². The zero-order valence-corrected chi connectivity index (χ0v) is 11.0. The van der Waals surface area contributed by atoms with Gasteiger partial charge in [0, 0.05) is 24.0 Å². The summed E-state index contributed by atoms with van der Waals surface area (Å²) in [7, 11) is 0. The summed E-state index contributed by atoms with van der Waals surface area (Å²) in [6.45, 7) is 0.578. The molecule has 0 fully saturated rings. The first-order valence-electron chi connectivity index (χ1n) is 5.26. The van der Waals surface area contributed by atoms with E-state index in [1.807, 2.05) is 24.3 Å². The van der Waals surface area contributed by atoms with Crippen molar-refractivity contribution in [2.45, 2.75) is 6.54 Å². The highest BCUT2D eigenvalue weighted by atomic mass is 35.5. The zero-order chi connectivity index (χ0) is 13.0. The molecule has 0 aliphatic heterocycles. The zero-order valence-electron chi connectivity index (χ0n) is 9.43. The monoisotopic (exact) mass is 278 g/mol. The molecule has 0 saturated heterocycles. The molecule has 0 aliphatic carbocycles. The number of aromatic nitrogens is 2. The molecule has 0 bridgehead atoms. The van der Waals surface area contributed by atoms with Crippen LogP contribution in [0.25, 0.3) is 0 Å². The van der Waals surface area contributed by atoms with Crippen LogP contribution in [0.3, 0.4) is 0 Å². The number of rotatable bonds is 4. The Hall–Kier alpha value is -1.72. The van der Waals surface area contributed by atoms with Crippen LogP contribution in [-0.4, -0.2) is 15.0 Å². The number of hydrogen-bond donors (Lipinski definition) is 2. The minimum absolute atomic E-state index is 0.219. The summed E-state index contributed by atoms with van der Waals surface area (Å²) >= 11 is 10.8. The van der Waals surface area contributed by atoms with Crippen molar-refractivity contribution < 1.29 is 0 Å². The third-order valence-corrected chi connectivity index (χ3v) is 2.71. The van der Waals surface area contributed by atoms with Gasteiger partial charge in [-0.1, -0.05) is 36.0 Å². The summed E-state index contributed by atoms with van der Waals surface area (Å²) in [5.74, 6) is 0.574. The van der Waals surface area contributed by atoms with Gasteiger partial charge in [0.1, 0.15) is 10.7 Å². The van der Waals surface area contributed by atoms with Crippen LogP contribution in [0, 0.1) is 0 Å². The van der Waals surface area contributed by atoms with Crippen molar-refractivity contribution in [2.24, 2.45) is 5.73 Å². The SMILES string of the molecule is NC(=S)c1nccnc1NCc1cccc(Cl)c1. The fourth-order valence-corrected chi connectivity index (χ4v) is 1.84. The fourth-order valence-electron chi connectivity index (χ4n) is 1.48. The molecule has 0 spiro atoms. The summed E-state index contributed by atoms with van der Waals surface area (Å²) in [5.41, 5.74) is 7.11. The molecule has 2 rings (SSSR count). The van der Waals surface area contributed by atoms with E-state index in [1.165, 1.54) is 0 Å². The van der Waals surface area contributed by atoms with Gasteiger partial charge in [-0.05, 0) is 17.7 Å². The van der Waals surface area contributed by atoms with Crippen molar-refractivity contribution in [2.75, 3.05) is 5.32 Å². The number of nitrogens with one attached hydrogen (secondary N) is 1. The molecule has 1 heterocycles. The van der Waals surface area contributed by atoms with Gasteiger partial charge in [-0.25, -0.2) is 9.97 Å². The summed E-state index contributed by atoms with van der Waals surface area (Å²) in [6.07, 6.45) is 3.14. The Bertz CT molecular complexity index is 574. The molecule has 0 aliphatic rings. The Morgan fingerprint density at radius 2 is 2.11 bits per heavy atom. The van der Waals surface area contributed by atoms with Gasteiger partial charge in [0.05, 0.1) is 0 Å². The predicted molar refractivity (Wildman–Crippen MR) is 76.7 cm³/mol. The van der Waals surface area contributed by atoms with Gasteiger partial charge in [-0.2, -0.15) is 0 Å². The van der Waals surface area contributed by atoms with Crippen molar-refractivity contribution in [3.63, 3.8) is 0 Å². The second kappa shape index (κ2) is 5.75. The maximum Gasteiger partial charge on any atom is 0.155 e. The van der Waals surface area contributed by atoms with E-state index in [4.69, 9.17) is 29.6 Å². The van der Waals surface area contributed by atoms with Crippen LogP contribution in [-0.2, 0) is 6.54 Å². The topological polar surface area (TPSA) is 63.8 Å². The van der Waals surface area contributed by atoms with Crippen molar-refractivity contribution in [1.82, 2.24) is 9.97 Å². The van der Waals surface area contributed by atoms with Crippen molar-refractivity contribution in [1.29, 1.82) is 0 Å². The molecule has 92 valence electrons. The molecular formula is C12H11ClN4S. The number of hydrogen-bond acceptors (Lipinski definition) is 4. The highest BCUT2D eigenvalue weighted by Crippen LogP contribution is 2.13. The highest BCUT2D eigenvalue weighted by Gasteiger charge is 2.07. The largest absolute Gasteiger partial charge is 0.388 e. The normalized spacial score (nSPS) is 10.1. The highest BCUT2D eigenvalue weighted by molar-refractivity contribution is 7.80. The molecule has 2 aromatic rings. The fraction of sp³-hybridized carbons (Fsp3) is 0.0833. The van der Waals surface area contributed by atoms with E-state index in [0.29, 0.717) is 23.1 Å². The minimum Gasteiger partial charge on any atom is -0.388 e. The van der Waals surface area contributed by atoms with E-state index in [1.54, 1.807) is 12.4 Å². The second-order valence-corrected chi connectivity index (χ2v) is 4.48. The van der Waals surface area contributed by atoms with Gasteiger partial charge in [-0.15, -0.1) is 0 Å². The lowest BCUT2D eigenvalue weighted by Gasteiger charge is -2.09. The molecule has 0 unspecified atom stereocenters. The first kappa shape index (κ1) is 12.7. The van der Waals surface area contributed by atoms with Crippen LogP contribution >= 0.6 is 23.8 Å². The average molecular weight is 279 g/mol. The quantitative estimate of drug-likeness (QED) is 0.841. The molecule has 1 aromatic carbocycles. The van der Waals surface area contributed by atoms with Gasteiger partial charge in [0.25, 0.3) is 0 Å². The van der Waals surface area contributed by atoms with Gasteiger partial charge in [-0.3, -0.25) is 0 Å². The summed E-state index contributed by atoms with van der Waals surface area (Å²) in [4.78, 5) is 8.47. The van der Waals surface area contributed by atoms with E-state index in [-0.39, 0.29) is 4.99 Å². The maximum absolute atomic E-state index is 5.91. The molecule has 18 heavy (non-hydrogen) atoms. The number of nitrogens with two attached hydrogens (primary N) is 1. The lowest BCUT2D eigenvalue weighted by molar-refractivity contribution is 1.08. The first-order chi connectivity index (χ1) is 8.66. The maximum atomic E-state index is 5.91. The van der Waals surface area contributed by atoms with Gasteiger partial charge < -0.3 is 11.1 Å². The predicted octanol–water partition coefficient (Wildman–Crippen LogP) is 2.38. The van der Waals surface area contributed by atoms with E-state index in [2.05, 4.69) is 15.3 Å². The molecule has 3 N–H and O–H groups in total. The van der Waals surface area contributed by atoms with Crippen molar-refractivity contribution in [3.8, 4) is 0 Å². The molecule has 4 nitrogen and oxygen atoms in total. The molecule has 0 atom stereocenters. The second-order valence-electron chi connectivity index (χ2n) is 3.60. The van der Waals surface area contributed by atoms with Crippen LogP contribution < -0.4 is 11.1 Å². The molecule has 0 amide bonds. The number of anilines is 1. The third-order valence-electron chi connectivity index (χ3n) is 2.28. The van der Waals surface area contributed by atoms with Gasteiger partial charge >= 0.3 is 0 Å². The number of thiocarbonyl (C=S) groups is 1. The number of benzene rings is 1. The van der Waals surface area contributed by atoms with Gasteiger partial charge in [0.15, 0.2) is 5.82 Å². The van der Waals surface area contributed by atoms with Crippen LogP contribution in [0.2, 0.25) is 5.02 Å². The summed E-state index contributed by atoms with van der Waals surface area (Å²) < 4.78 is 0. The van der Waals surface area contributed by atoms with Crippen molar-refractivity contribution >= 4 is 34.6 Å². The lowest BCUT2D eigenvalue weighted by atomic mass is 10.2. The van der Waals surface area contributed by atoms with Gasteiger partial charge in [0.2, 0.25) is 0 Å². The van der Waals surface area contributed by atoms with Crippen LogP contribution in [0.4, 0.5) is 5.82 Å². The lowest BCUT2D eigenvalue weighted by Crippen LogP contribution is -2.16. The smallest absolute Gasteiger partial charge is 0.155 e. The van der Waals surface area contributed by atoms with E-state index in [0.717, 1.165) is 5.56 Å².